The van der Waals surface area contributed by atoms with E-state index in [9.17, 15) is 18.6 Å². The number of sulfonamides is 1. The van der Waals surface area contributed by atoms with Crippen molar-refractivity contribution in [3.05, 3.63) is 53.6 Å². The molecule has 0 aliphatic heterocycles. The van der Waals surface area contributed by atoms with E-state index in [4.69, 9.17) is 0 Å². The molecule has 2 aromatic rings. The average Bonchev–Trinajstić information content (AvgIpc) is 2.57. The van der Waals surface area contributed by atoms with E-state index in [0.29, 0.717) is 11.5 Å². The molecule has 0 aliphatic rings. The van der Waals surface area contributed by atoms with Gasteiger partial charge >= 0.3 is 0 Å². The Balaban J connectivity index is 2.10. The number of nitrogens with one attached hydrogen (secondary N) is 1. The fourth-order valence-electron chi connectivity index (χ4n) is 2.05. The van der Waals surface area contributed by atoms with Crippen molar-refractivity contribution in [1.82, 2.24) is 4.83 Å². The maximum absolute atomic E-state index is 12.2. The minimum absolute atomic E-state index is 0.125. The fourth-order valence-corrected chi connectivity index (χ4v) is 2.85. The Bertz CT molecular complexity index is 830. The van der Waals surface area contributed by atoms with E-state index in [1.807, 2.05) is 0 Å². The van der Waals surface area contributed by atoms with Crippen LogP contribution in [-0.4, -0.2) is 24.8 Å². The zero-order valence-corrected chi connectivity index (χ0v) is 14.3. The van der Waals surface area contributed by atoms with Gasteiger partial charge in [-0.2, -0.15) is 13.5 Å². The maximum atomic E-state index is 12.2. The number of hydrogen-bond acceptors (Lipinski definition) is 5. The van der Waals surface area contributed by atoms with Crippen molar-refractivity contribution in [3.8, 4) is 11.5 Å². The molecule has 0 fully saturated rings. The second kappa shape index (κ2) is 7.35. The minimum atomic E-state index is -3.76. The molecule has 0 bridgehead atoms. The van der Waals surface area contributed by atoms with Gasteiger partial charge in [0.2, 0.25) is 0 Å². The lowest BCUT2D eigenvalue weighted by Crippen LogP contribution is -2.18. The van der Waals surface area contributed by atoms with Gasteiger partial charge in [-0.25, -0.2) is 4.83 Å². The summed E-state index contributed by atoms with van der Waals surface area (Å²) in [6.07, 6.45) is 2.22. The highest BCUT2D eigenvalue weighted by atomic mass is 32.2. The van der Waals surface area contributed by atoms with Crippen LogP contribution in [0.1, 0.15) is 37.3 Å². The topological polar surface area (TPSA) is 99.0 Å². The summed E-state index contributed by atoms with van der Waals surface area (Å²) in [5, 5.41) is 22.3. The lowest BCUT2D eigenvalue weighted by molar-refractivity contribution is 0.403. The minimum Gasteiger partial charge on any atom is -0.504 e. The smallest absolute Gasteiger partial charge is 0.276 e. The fraction of sp³-hybridized carbons (Fsp3) is 0.235. The van der Waals surface area contributed by atoms with E-state index in [-0.39, 0.29) is 16.4 Å². The van der Waals surface area contributed by atoms with Gasteiger partial charge in [0.05, 0.1) is 11.1 Å². The second-order valence-electron chi connectivity index (χ2n) is 5.48. The van der Waals surface area contributed by atoms with Gasteiger partial charge in [-0.15, -0.1) is 0 Å². The van der Waals surface area contributed by atoms with Crippen LogP contribution in [-0.2, 0) is 10.0 Å². The summed E-state index contributed by atoms with van der Waals surface area (Å²) >= 11 is 0. The van der Waals surface area contributed by atoms with Crippen LogP contribution in [0.5, 0.6) is 11.5 Å². The van der Waals surface area contributed by atoms with Crippen LogP contribution in [0.25, 0.3) is 0 Å². The third-order valence-corrected chi connectivity index (χ3v) is 5.00. The molecule has 0 amide bonds. The summed E-state index contributed by atoms with van der Waals surface area (Å²) in [5.41, 5.74) is 1.53. The largest absolute Gasteiger partial charge is 0.504 e. The van der Waals surface area contributed by atoms with Crippen molar-refractivity contribution in [1.29, 1.82) is 0 Å². The van der Waals surface area contributed by atoms with Crippen molar-refractivity contribution in [2.75, 3.05) is 0 Å². The number of nitrogens with zero attached hydrogens (tertiary/aromatic N) is 1. The van der Waals surface area contributed by atoms with Gasteiger partial charge < -0.3 is 10.2 Å². The molecule has 0 saturated heterocycles. The predicted octanol–water partition coefficient (Wildman–Crippen LogP) is 2.92. The Kier molecular flexibility index (Phi) is 5.46. The first-order chi connectivity index (χ1) is 11.3. The molecule has 2 aromatic carbocycles. The highest BCUT2D eigenvalue weighted by Crippen LogP contribution is 2.24. The zero-order chi connectivity index (χ0) is 17.7. The molecule has 1 unspecified atom stereocenters. The van der Waals surface area contributed by atoms with Crippen molar-refractivity contribution in [2.45, 2.75) is 31.1 Å². The normalized spacial score (nSPS) is 13.1. The van der Waals surface area contributed by atoms with Crippen molar-refractivity contribution in [2.24, 2.45) is 5.10 Å². The van der Waals surface area contributed by atoms with E-state index < -0.39 is 10.0 Å². The van der Waals surface area contributed by atoms with E-state index in [1.54, 1.807) is 24.3 Å². The van der Waals surface area contributed by atoms with Crippen molar-refractivity contribution >= 4 is 16.2 Å². The predicted molar refractivity (Wildman–Crippen MR) is 92.8 cm³/mol. The lowest BCUT2D eigenvalue weighted by Gasteiger charge is -2.09. The van der Waals surface area contributed by atoms with E-state index in [1.165, 1.54) is 24.4 Å². The summed E-state index contributed by atoms with van der Waals surface area (Å²) in [6, 6.07) is 10.7. The first-order valence-electron chi connectivity index (χ1n) is 7.50. The molecule has 0 aliphatic carbocycles. The standard InChI is InChI=1S/C17H20N2O4S/c1-3-12(2)14-5-7-15(8-6-14)24(22,23)19-18-11-13-4-9-16(20)17(21)10-13/h4-12,19-21H,3H2,1-2H3. The Hall–Kier alpha value is -2.54. The van der Waals surface area contributed by atoms with Crippen LogP contribution < -0.4 is 4.83 Å². The van der Waals surface area contributed by atoms with Crippen LogP contribution in [0.15, 0.2) is 52.5 Å². The Morgan fingerprint density at radius 3 is 2.38 bits per heavy atom. The summed E-state index contributed by atoms with van der Waals surface area (Å²) in [7, 11) is -3.76. The number of phenols is 2. The van der Waals surface area contributed by atoms with Crippen LogP contribution in [0.2, 0.25) is 0 Å². The molecule has 3 N–H and O–H groups in total. The molecule has 2 rings (SSSR count). The number of benzene rings is 2. The Morgan fingerprint density at radius 2 is 1.79 bits per heavy atom. The molecule has 24 heavy (non-hydrogen) atoms. The van der Waals surface area contributed by atoms with Gasteiger partial charge in [0.15, 0.2) is 11.5 Å². The highest BCUT2D eigenvalue weighted by Gasteiger charge is 2.13. The monoisotopic (exact) mass is 348 g/mol. The molecule has 0 heterocycles. The van der Waals surface area contributed by atoms with Gasteiger partial charge in [0.1, 0.15) is 0 Å². The molecule has 0 saturated carbocycles. The summed E-state index contributed by atoms with van der Waals surface area (Å²) in [4.78, 5) is 2.24. The van der Waals surface area contributed by atoms with Gasteiger partial charge in [-0.3, -0.25) is 0 Å². The lowest BCUT2D eigenvalue weighted by atomic mass is 9.99. The number of rotatable bonds is 6. The first kappa shape index (κ1) is 17.8. The maximum Gasteiger partial charge on any atom is 0.276 e. The van der Waals surface area contributed by atoms with Crippen molar-refractivity contribution < 1.29 is 18.6 Å². The van der Waals surface area contributed by atoms with Gasteiger partial charge in [0.25, 0.3) is 10.0 Å². The molecule has 0 radical (unpaired) electrons. The van der Waals surface area contributed by atoms with Gasteiger partial charge in [-0.1, -0.05) is 26.0 Å². The number of hydrogen-bond donors (Lipinski definition) is 3. The second-order valence-corrected chi connectivity index (χ2v) is 7.14. The molecule has 0 aromatic heterocycles. The molecular weight excluding hydrogens is 328 g/mol. The number of phenolic OH excluding ortho intramolecular Hbond substituents is 2. The Morgan fingerprint density at radius 1 is 1.12 bits per heavy atom. The van der Waals surface area contributed by atoms with Crippen LogP contribution in [0.4, 0.5) is 0 Å². The van der Waals surface area contributed by atoms with E-state index in [0.717, 1.165) is 12.0 Å². The summed E-state index contributed by atoms with van der Waals surface area (Å²) in [6.45, 7) is 4.16. The van der Waals surface area contributed by atoms with E-state index in [2.05, 4.69) is 23.8 Å². The van der Waals surface area contributed by atoms with Crippen LogP contribution >= 0.6 is 0 Å². The number of aromatic hydroxyl groups is 2. The van der Waals surface area contributed by atoms with Crippen molar-refractivity contribution in [3.63, 3.8) is 0 Å². The molecule has 7 heteroatoms. The highest BCUT2D eigenvalue weighted by molar-refractivity contribution is 7.89. The number of hydrazone groups is 1. The van der Waals surface area contributed by atoms with Gasteiger partial charge in [0, 0.05) is 0 Å². The summed E-state index contributed by atoms with van der Waals surface area (Å²) in [5.74, 6) is -0.188. The average molecular weight is 348 g/mol. The third-order valence-electron chi connectivity index (χ3n) is 3.76. The van der Waals surface area contributed by atoms with Gasteiger partial charge in [-0.05, 0) is 53.8 Å². The zero-order valence-electron chi connectivity index (χ0n) is 13.5. The molecule has 1 atom stereocenters. The van der Waals surface area contributed by atoms with Crippen LogP contribution in [0, 0.1) is 0 Å². The van der Waals surface area contributed by atoms with E-state index >= 15 is 0 Å². The molecule has 128 valence electrons. The third kappa shape index (κ3) is 4.26. The SMILES string of the molecule is CCC(C)c1ccc(S(=O)(=O)NN=Cc2ccc(O)c(O)c2)cc1. The molecule has 6 nitrogen and oxygen atoms in total. The molecule has 0 spiro atoms. The first-order valence-corrected chi connectivity index (χ1v) is 8.98. The molecular formula is C17H20N2O4S. The quantitative estimate of drug-likeness (QED) is 0.424. The Labute approximate surface area is 141 Å². The van der Waals surface area contributed by atoms with Crippen LogP contribution in [0.3, 0.4) is 0 Å². The summed E-state index contributed by atoms with van der Waals surface area (Å²) < 4.78 is 24.4.